The molecule has 0 aliphatic carbocycles. The van der Waals surface area contributed by atoms with Gasteiger partial charge in [0.1, 0.15) is 6.07 Å². The first-order valence-corrected chi connectivity index (χ1v) is 37.8. The van der Waals surface area contributed by atoms with Crippen LogP contribution in [0.25, 0.3) is 203 Å². The van der Waals surface area contributed by atoms with Gasteiger partial charge in [0.25, 0.3) is 0 Å². The number of halogens is 3. The van der Waals surface area contributed by atoms with Crippen LogP contribution in [0.1, 0.15) is 16.7 Å². The van der Waals surface area contributed by atoms with Gasteiger partial charge in [-0.1, -0.05) is 291 Å². The van der Waals surface area contributed by atoms with Crippen molar-refractivity contribution in [3.05, 3.63) is 362 Å². The number of hydrogen-bond donors (Lipinski definition) is 0. The van der Waals surface area contributed by atoms with Gasteiger partial charge in [-0.15, -0.1) is 0 Å². The second kappa shape index (κ2) is 29.5. The summed E-state index contributed by atoms with van der Waals surface area (Å²) in [6.07, 6.45) is -4.94. The third-order valence-corrected chi connectivity index (χ3v) is 20.8. The van der Waals surface area contributed by atoms with Crippen LogP contribution in [0.2, 0.25) is 0 Å². The lowest BCUT2D eigenvalue weighted by Crippen LogP contribution is -2.07. The molecule has 554 valence electrons. The first-order chi connectivity index (χ1) is 58.0. The van der Waals surface area contributed by atoms with Crippen LogP contribution in [0, 0.1) is 22.7 Å². The summed E-state index contributed by atoms with van der Waals surface area (Å²) in [4.78, 5) is 61.5. The van der Waals surface area contributed by atoms with Crippen molar-refractivity contribution < 1.29 is 13.2 Å². The molecular formula is C99H57F3N16. The summed E-state index contributed by atoms with van der Waals surface area (Å²) in [7, 11) is 0. The lowest BCUT2D eigenvalue weighted by molar-refractivity contribution is -0.137. The molecule has 0 radical (unpaired) electrons. The van der Waals surface area contributed by atoms with Crippen LogP contribution < -0.4 is 0 Å². The van der Waals surface area contributed by atoms with Gasteiger partial charge in [-0.3, -0.25) is 0 Å². The SMILES string of the molecule is N#Cc1cc(-c2cc(-n3c4cc(-c5nc(-c6ccccc6)nc(-c6ccccc6)n5)ccc4c4ccc(-c5nc(-c6ccccc6)nc(-c6ccccc6)n5)cc43)c(C#N)cc2-n2c3cc(-c4nc(-c5ccccc5)nc(-c5ccccc5)n4)ccc3c3ccc(-c4nc(-c5ccccc5)nc(-c5ccccc5)n4)cc32)cc(C(F)(F)F)c1. The van der Waals surface area contributed by atoms with E-state index in [9.17, 15) is 10.5 Å². The van der Waals surface area contributed by atoms with Gasteiger partial charge in [0.15, 0.2) is 69.9 Å². The average Bonchev–Trinajstić information content (AvgIpc) is 1.80. The van der Waals surface area contributed by atoms with Crippen molar-refractivity contribution in [2.24, 2.45) is 0 Å². The molecule has 118 heavy (non-hydrogen) atoms. The highest BCUT2D eigenvalue weighted by Crippen LogP contribution is 2.46. The molecule has 16 nitrogen and oxygen atoms in total. The number of aromatic nitrogens is 14. The number of nitriles is 2. The van der Waals surface area contributed by atoms with Gasteiger partial charge in [-0.2, -0.15) is 23.7 Å². The van der Waals surface area contributed by atoms with E-state index in [1.54, 1.807) is 12.1 Å². The van der Waals surface area contributed by atoms with Crippen molar-refractivity contribution in [1.82, 2.24) is 68.9 Å². The molecule has 6 aromatic heterocycles. The lowest BCUT2D eigenvalue weighted by atomic mass is 9.95. The second-order valence-electron chi connectivity index (χ2n) is 28.2. The molecule has 6 heterocycles. The zero-order chi connectivity index (χ0) is 79.4. The molecular weight excluding hydrogens is 1470 g/mol. The number of alkyl halides is 3. The maximum atomic E-state index is 15.9. The highest BCUT2D eigenvalue weighted by atomic mass is 19.4. The number of fused-ring (bicyclic) bond motifs is 6. The summed E-state index contributed by atoms with van der Waals surface area (Å²) in [5, 5.41) is 26.2. The third kappa shape index (κ3) is 13.3. The fourth-order valence-electron chi connectivity index (χ4n) is 15.1. The van der Waals surface area contributed by atoms with Crippen molar-refractivity contribution in [3.8, 4) is 171 Å². The molecule has 0 saturated carbocycles. The summed E-state index contributed by atoms with van der Waals surface area (Å²) >= 11 is 0. The molecule has 0 aliphatic rings. The van der Waals surface area contributed by atoms with E-state index in [4.69, 9.17) is 59.8 Å². The molecule has 19 heteroatoms. The Kier molecular flexibility index (Phi) is 17.7. The first-order valence-electron chi connectivity index (χ1n) is 37.8. The van der Waals surface area contributed by atoms with Crippen LogP contribution in [0.4, 0.5) is 13.2 Å². The molecule has 20 aromatic rings. The minimum atomic E-state index is -4.94. The fourth-order valence-corrected chi connectivity index (χ4v) is 15.1. The minimum Gasteiger partial charge on any atom is -0.309 e. The number of nitrogens with zero attached hydrogens (tertiary/aromatic N) is 16. The van der Waals surface area contributed by atoms with Gasteiger partial charge in [0.05, 0.1) is 56.2 Å². The topological polar surface area (TPSA) is 212 Å². The number of rotatable bonds is 15. The zero-order valence-electron chi connectivity index (χ0n) is 62.2. The molecule has 0 N–H and O–H groups in total. The monoisotopic (exact) mass is 1530 g/mol. The Morgan fingerprint density at radius 2 is 0.458 bits per heavy atom. The van der Waals surface area contributed by atoms with E-state index in [1.165, 1.54) is 6.07 Å². The lowest BCUT2D eigenvalue weighted by Gasteiger charge is -2.20. The second-order valence-corrected chi connectivity index (χ2v) is 28.2. The van der Waals surface area contributed by atoms with Gasteiger partial charge in [0, 0.05) is 93.9 Å². The molecule has 0 saturated heterocycles. The average molecular weight is 1530 g/mol. The molecule has 0 aliphatic heterocycles. The van der Waals surface area contributed by atoms with E-state index < -0.39 is 11.7 Å². The van der Waals surface area contributed by atoms with Gasteiger partial charge >= 0.3 is 6.18 Å². The summed E-state index contributed by atoms with van der Waals surface area (Å²) < 4.78 is 51.7. The summed E-state index contributed by atoms with van der Waals surface area (Å²) in [5.41, 5.74) is 9.95. The van der Waals surface area contributed by atoms with Crippen LogP contribution in [0.5, 0.6) is 0 Å². The Labute approximate surface area is 672 Å². The van der Waals surface area contributed by atoms with Crippen molar-refractivity contribution in [3.63, 3.8) is 0 Å². The van der Waals surface area contributed by atoms with Crippen LogP contribution in [-0.2, 0) is 6.18 Å². The fraction of sp³-hybridized carbons (Fsp3) is 0.0101. The van der Waals surface area contributed by atoms with E-state index in [1.807, 2.05) is 325 Å². The van der Waals surface area contributed by atoms with E-state index in [2.05, 4.69) is 12.1 Å². The highest BCUT2D eigenvalue weighted by Gasteiger charge is 2.33. The molecule has 0 fully saturated rings. The molecule has 0 spiro atoms. The molecule has 0 bridgehead atoms. The molecule has 0 unspecified atom stereocenters. The summed E-state index contributed by atoms with van der Waals surface area (Å²) in [6.45, 7) is 0. The van der Waals surface area contributed by atoms with E-state index in [0.717, 1.165) is 67.4 Å². The first kappa shape index (κ1) is 70.6. The molecule has 0 amide bonds. The van der Waals surface area contributed by atoms with Crippen LogP contribution in [0.3, 0.4) is 0 Å². The third-order valence-electron chi connectivity index (χ3n) is 20.8. The molecule has 0 atom stereocenters. The van der Waals surface area contributed by atoms with Crippen molar-refractivity contribution in [2.45, 2.75) is 6.18 Å². The van der Waals surface area contributed by atoms with Gasteiger partial charge in [-0.05, 0) is 60.2 Å². The van der Waals surface area contributed by atoms with Crippen LogP contribution in [0.15, 0.2) is 346 Å². The predicted octanol–water partition coefficient (Wildman–Crippen LogP) is 23.1. The zero-order valence-corrected chi connectivity index (χ0v) is 62.2. The quantitative estimate of drug-likeness (QED) is 0.0934. The standard InChI is InChI=1S/C99H57F3N16/c100-99(101,102)75-50-60(58-103)49-73(51-75)80-57-81(117-82-52-69(95-109-87(61-25-9-1-10-26-61)105-88(110-95)62-27-11-2-12-28-62)41-45-76(82)77-46-42-70(53-83(77)117)96-111-89(63-29-13-3-14-30-63)106-90(112-96)64-31-15-4-16-32-64)74(59-104)56-86(80)118-84-54-71(97-113-91(65-33-17-5-18-34-65)107-92(114-97)66-35-19-6-20-36-66)43-47-78(84)79-48-44-72(55-85(79)118)98-115-93(67-37-21-7-22-38-67)108-94(116-98)68-39-23-8-24-40-68/h1-57H. The molecule has 14 aromatic carbocycles. The van der Waals surface area contributed by atoms with E-state index in [-0.39, 0.29) is 33.6 Å². The summed E-state index contributed by atoms with van der Waals surface area (Å²) in [6, 6.07) is 112. The highest BCUT2D eigenvalue weighted by molar-refractivity contribution is 6.13. The van der Waals surface area contributed by atoms with E-state index >= 15 is 13.2 Å². The van der Waals surface area contributed by atoms with Crippen LogP contribution >= 0.6 is 0 Å². The van der Waals surface area contributed by atoms with Gasteiger partial charge < -0.3 is 9.13 Å². The van der Waals surface area contributed by atoms with Crippen molar-refractivity contribution in [2.75, 3.05) is 0 Å². The van der Waals surface area contributed by atoms with E-state index in [0.29, 0.717) is 125 Å². The van der Waals surface area contributed by atoms with Gasteiger partial charge in [-0.25, -0.2) is 59.8 Å². The Morgan fingerprint density at radius 3 is 0.686 bits per heavy atom. The Morgan fingerprint density at radius 1 is 0.220 bits per heavy atom. The van der Waals surface area contributed by atoms with Crippen molar-refractivity contribution >= 4 is 43.6 Å². The number of benzene rings is 14. The normalized spacial score (nSPS) is 11.5. The largest absolute Gasteiger partial charge is 0.416 e. The predicted molar refractivity (Wildman–Crippen MR) is 454 cm³/mol. The maximum Gasteiger partial charge on any atom is 0.416 e. The van der Waals surface area contributed by atoms with Crippen LogP contribution in [-0.4, -0.2) is 68.9 Å². The maximum absolute atomic E-state index is 15.9. The van der Waals surface area contributed by atoms with Crippen molar-refractivity contribution in [1.29, 1.82) is 10.5 Å². The Hall–Kier alpha value is -16.5. The molecule has 20 rings (SSSR count). The number of hydrogen-bond acceptors (Lipinski definition) is 14. The Balaban J connectivity index is 0.893. The smallest absolute Gasteiger partial charge is 0.309 e. The Bertz CT molecular complexity index is 6810. The summed E-state index contributed by atoms with van der Waals surface area (Å²) in [5.74, 6) is 4.69. The van der Waals surface area contributed by atoms with Gasteiger partial charge in [0.2, 0.25) is 0 Å². The minimum absolute atomic E-state index is 0.00523.